The molecule has 0 aromatic heterocycles. The zero-order valence-corrected chi connectivity index (χ0v) is 12.3. The summed E-state index contributed by atoms with van der Waals surface area (Å²) in [5.74, 6) is 0.879. The van der Waals surface area contributed by atoms with Crippen LogP contribution < -0.4 is 10.1 Å². The summed E-state index contributed by atoms with van der Waals surface area (Å²) in [6.07, 6.45) is 4.10. The highest BCUT2D eigenvalue weighted by Crippen LogP contribution is 2.29. The van der Waals surface area contributed by atoms with Gasteiger partial charge >= 0.3 is 0 Å². The summed E-state index contributed by atoms with van der Waals surface area (Å²) in [6.45, 7) is 1.37. The normalized spacial score (nSPS) is 17.9. The van der Waals surface area contributed by atoms with E-state index >= 15 is 0 Å². The van der Waals surface area contributed by atoms with Gasteiger partial charge in [-0.1, -0.05) is 28.8 Å². The lowest BCUT2D eigenvalue weighted by molar-refractivity contribution is 0.0474. The molecule has 0 saturated heterocycles. The first-order valence-electron chi connectivity index (χ1n) is 6.38. The second kappa shape index (κ2) is 6.04. The van der Waals surface area contributed by atoms with E-state index in [2.05, 4.69) is 21.2 Å². The first-order valence-corrected chi connectivity index (χ1v) is 7.18. The van der Waals surface area contributed by atoms with Crippen molar-refractivity contribution in [2.75, 3.05) is 13.7 Å². The topological polar surface area (TPSA) is 41.5 Å². The lowest BCUT2D eigenvalue weighted by atomic mass is 10.0. The molecule has 1 fully saturated rings. The number of methoxy groups -OCH3 is 1. The van der Waals surface area contributed by atoms with Gasteiger partial charge in [0.05, 0.1) is 12.7 Å². The Morgan fingerprint density at radius 2 is 2.11 bits per heavy atom. The van der Waals surface area contributed by atoms with E-state index in [1.54, 1.807) is 7.11 Å². The fourth-order valence-corrected chi connectivity index (χ4v) is 2.93. The summed E-state index contributed by atoms with van der Waals surface area (Å²) in [6, 6.07) is 5.96. The van der Waals surface area contributed by atoms with Crippen molar-refractivity contribution < 1.29 is 9.84 Å². The number of rotatable bonds is 5. The average Bonchev–Trinajstić information content (AvgIpc) is 2.77. The van der Waals surface area contributed by atoms with Gasteiger partial charge in [0, 0.05) is 23.1 Å². The van der Waals surface area contributed by atoms with Crippen molar-refractivity contribution in [2.45, 2.75) is 37.8 Å². The zero-order chi connectivity index (χ0) is 13.0. The third-order valence-electron chi connectivity index (χ3n) is 3.55. The number of hydrogen-bond donors (Lipinski definition) is 2. The summed E-state index contributed by atoms with van der Waals surface area (Å²) >= 11 is 3.46. The van der Waals surface area contributed by atoms with Crippen molar-refractivity contribution in [3.63, 3.8) is 0 Å². The molecule has 0 amide bonds. The summed E-state index contributed by atoms with van der Waals surface area (Å²) in [5.41, 5.74) is 0.604. The van der Waals surface area contributed by atoms with Crippen molar-refractivity contribution in [1.82, 2.24) is 5.32 Å². The van der Waals surface area contributed by atoms with Crippen LogP contribution in [0.2, 0.25) is 0 Å². The van der Waals surface area contributed by atoms with Crippen LogP contribution in [0.4, 0.5) is 0 Å². The fourth-order valence-electron chi connectivity index (χ4n) is 2.53. The minimum Gasteiger partial charge on any atom is -0.496 e. The average molecular weight is 314 g/mol. The molecule has 2 rings (SSSR count). The highest BCUT2D eigenvalue weighted by Gasteiger charge is 2.30. The van der Waals surface area contributed by atoms with Crippen LogP contribution in [-0.2, 0) is 6.54 Å². The van der Waals surface area contributed by atoms with Crippen LogP contribution >= 0.6 is 15.9 Å². The van der Waals surface area contributed by atoms with E-state index in [0.717, 1.165) is 41.5 Å². The first kappa shape index (κ1) is 13.8. The van der Waals surface area contributed by atoms with Crippen molar-refractivity contribution in [2.24, 2.45) is 0 Å². The van der Waals surface area contributed by atoms with Crippen molar-refractivity contribution in [3.8, 4) is 5.75 Å². The molecular formula is C14H20BrNO2. The smallest absolute Gasteiger partial charge is 0.123 e. The number of benzene rings is 1. The van der Waals surface area contributed by atoms with Gasteiger partial charge in [-0.3, -0.25) is 0 Å². The summed E-state index contributed by atoms with van der Waals surface area (Å²) in [7, 11) is 1.68. The Hall–Kier alpha value is -0.580. The van der Waals surface area contributed by atoms with E-state index in [1.807, 2.05) is 18.2 Å². The molecule has 3 nitrogen and oxygen atoms in total. The molecule has 2 N–H and O–H groups in total. The Morgan fingerprint density at radius 3 is 2.78 bits per heavy atom. The minimum absolute atomic E-state index is 0.501. The number of nitrogens with one attached hydrogen (secondary N) is 1. The largest absolute Gasteiger partial charge is 0.496 e. The van der Waals surface area contributed by atoms with E-state index in [-0.39, 0.29) is 0 Å². The molecular weight excluding hydrogens is 294 g/mol. The molecule has 1 aromatic rings. The molecule has 1 saturated carbocycles. The molecule has 0 aliphatic heterocycles. The fraction of sp³-hybridized carbons (Fsp3) is 0.571. The summed E-state index contributed by atoms with van der Waals surface area (Å²) in [4.78, 5) is 0. The van der Waals surface area contributed by atoms with E-state index < -0.39 is 5.60 Å². The van der Waals surface area contributed by atoms with Crippen LogP contribution in [0.5, 0.6) is 5.75 Å². The quantitative estimate of drug-likeness (QED) is 0.878. The predicted molar refractivity (Wildman–Crippen MR) is 75.8 cm³/mol. The van der Waals surface area contributed by atoms with Gasteiger partial charge in [-0.15, -0.1) is 0 Å². The highest BCUT2D eigenvalue weighted by molar-refractivity contribution is 9.10. The molecule has 1 aliphatic rings. The molecule has 0 bridgehead atoms. The molecule has 1 aliphatic carbocycles. The first-order chi connectivity index (χ1) is 8.63. The summed E-state index contributed by atoms with van der Waals surface area (Å²) in [5, 5.41) is 13.6. The second-order valence-electron chi connectivity index (χ2n) is 4.99. The van der Waals surface area contributed by atoms with Gasteiger partial charge in [0.15, 0.2) is 0 Å². The second-order valence-corrected chi connectivity index (χ2v) is 5.91. The number of ether oxygens (including phenoxy) is 1. The Labute approximate surface area is 117 Å². The van der Waals surface area contributed by atoms with Crippen LogP contribution in [0.1, 0.15) is 31.2 Å². The molecule has 100 valence electrons. The lowest BCUT2D eigenvalue weighted by Crippen LogP contribution is -2.37. The van der Waals surface area contributed by atoms with Crippen LogP contribution in [0.15, 0.2) is 22.7 Å². The van der Waals surface area contributed by atoms with Crippen molar-refractivity contribution in [3.05, 3.63) is 28.2 Å². The van der Waals surface area contributed by atoms with Gasteiger partial charge < -0.3 is 15.2 Å². The standard InChI is InChI=1S/C14H20BrNO2/c1-18-13-5-4-12(15)8-11(13)9-16-10-14(17)6-2-3-7-14/h4-5,8,16-17H,2-3,6-7,9-10H2,1H3. The molecule has 4 heteroatoms. The maximum Gasteiger partial charge on any atom is 0.123 e. The Morgan fingerprint density at radius 1 is 1.39 bits per heavy atom. The molecule has 18 heavy (non-hydrogen) atoms. The van der Waals surface area contributed by atoms with Gasteiger partial charge in [0.2, 0.25) is 0 Å². The molecule has 0 radical (unpaired) electrons. The maximum absolute atomic E-state index is 10.2. The van der Waals surface area contributed by atoms with Gasteiger partial charge in [-0.2, -0.15) is 0 Å². The molecule has 1 aromatic carbocycles. The van der Waals surface area contributed by atoms with Crippen molar-refractivity contribution >= 4 is 15.9 Å². The predicted octanol–water partition coefficient (Wildman–Crippen LogP) is 2.85. The van der Waals surface area contributed by atoms with E-state index in [0.29, 0.717) is 13.1 Å². The SMILES string of the molecule is COc1ccc(Br)cc1CNCC1(O)CCCC1. The number of aliphatic hydroxyl groups is 1. The third kappa shape index (κ3) is 3.46. The molecule has 0 spiro atoms. The van der Waals surface area contributed by atoms with Crippen LogP contribution in [0, 0.1) is 0 Å². The van der Waals surface area contributed by atoms with Crippen LogP contribution in [-0.4, -0.2) is 24.4 Å². The Balaban J connectivity index is 1.91. The van der Waals surface area contributed by atoms with E-state index in [9.17, 15) is 5.11 Å². The molecule has 0 heterocycles. The zero-order valence-electron chi connectivity index (χ0n) is 10.7. The Bertz CT molecular complexity index is 403. The lowest BCUT2D eigenvalue weighted by Gasteiger charge is -2.22. The third-order valence-corrected chi connectivity index (χ3v) is 4.04. The van der Waals surface area contributed by atoms with Crippen molar-refractivity contribution in [1.29, 1.82) is 0 Å². The Kier molecular flexibility index (Phi) is 4.65. The molecule has 0 atom stereocenters. The van der Waals surface area contributed by atoms with Gasteiger partial charge in [0.25, 0.3) is 0 Å². The molecule has 0 unspecified atom stereocenters. The van der Waals surface area contributed by atoms with E-state index in [4.69, 9.17) is 4.74 Å². The van der Waals surface area contributed by atoms with Gasteiger partial charge in [-0.05, 0) is 31.0 Å². The maximum atomic E-state index is 10.2. The van der Waals surface area contributed by atoms with Crippen LogP contribution in [0.25, 0.3) is 0 Å². The van der Waals surface area contributed by atoms with E-state index in [1.165, 1.54) is 0 Å². The summed E-state index contributed by atoms with van der Waals surface area (Å²) < 4.78 is 6.37. The number of hydrogen-bond acceptors (Lipinski definition) is 3. The highest BCUT2D eigenvalue weighted by atomic mass is 79.9. The monoisotopic (exact) mass is 313 g/mol. The van der Waals surface area contributed by atoms with Crippen LogP contribution in [0.3, 0.4) is 0 Å². The number of halogens is 1. The van der Waals surface area contributed by atoms with Gasteiger partial charge in [-0.25, -0.2) is 0 Å². The minimum atomic E-state index is -0.501. The van der Waals surface area contributed by atoms with Gasteiger partial charge in [0.1, 0.15) is 5.75 Å².